The van der Waals surface area contributed by atoms with E-state index in [1.165, 1.54) is 0 Å². The van der Waals surface area contributed by atoms with Crippen molar-refractivity contribution < 1.29 is 4.74 Å². The maximum absolute atomic E-state index is 12.6. The summed E-state index contributed by atoms with van der Waals surface area (Å²) >= 11 is 0. The van der Waals surface area contributed by atoms with Gasteiger partial charge in [0.2, 0.25) is 0 Å². The van der Waals surface area contributed by atoms with Crippen LogP contribution in [0.25, 0.3) is 10.9 Å². The molecule has 1 aliphatic rings. The van der Waals surface area contributed by atoms with Gasteiger partial charge in [-0.15, -0.1) is 0 Å². The van der Waals surface area contributed by atoms with Gasteiger partial charge in [-0.05, 0) is 38.1 Å². The van der Waals surface area contributed by atoms with Crippen LogP contribution in [-0.4, -0.2) is 52.8 Å². The maximum atomic E-state index is 12.6. The molecule has 0 amide bonds. The zero-order valence-electron chi connectivity index (χ0n) is 17.1. The molecule has 8 nitrogen and oxygen atoms in total. The summed E-state index contributed by atoms with van der Waals surface area (Å²) in [5.41, 5.74) is 1.85. The summed E-state index contributed by atoms with van der Waals surface area (Å²) in [5, 5.41) is 0.662. The van der Waals surface area contributed by atoms with E-state index in [0.717, 1.165) is 43.2 Å². The van der Waals surface area contributed by atoms with Crippen molar-refractivity contribution in [2.45, 2.75) is 26.5 Å². The smallest absolute Gasteiger partial charge is 0.261 e. The molecule has 1 fully saturated rings. The van der Waals surface area contributed by atoms with Crippen LogP contribution in [-0.2, 0) is 11.3 Å². The highest BCUT2D eigenvalue weighted by Crippen LogP contribution is 2.22. The molecule has 3 heterocycles. The van der Waals surface area contributed by atoms with Gasteiger partial charge in [-0.2, -0.15) is 0 Å². The minimum atomic E-state index is 0.0111. The Morgan fingerprint density at radius 3 is 2.55 bits per heavy atom. The Balaban J connectivity index is 1.50. The summed E-state index contributed by atoms with van der Waals surface area (Å²) in [6.07, 6.45) is 3.42. The summed E-state index contributed by atoms with van der Waals surface area (Å²) < 4.78 is 6.79. The van der Waals surface area contributed by atoms with Gasteiger partial charge in [0.25, 0.3) is 5.56 Å². The Bertz CT molecular complexity index is 1060. The molecule has 0 atom stereocenters. The van der Waals surface area contributed by atoms with Gasteiger partial charge in [0.1, 0.15) is 12.4 Å². The first-order valence-electron chi connectivity index (χ1n) is 9.88. The van der Waals surface area contributed by atoms with E-state index in [1.54, 1.807) is 24.2 Å². The van der Waals surface area contributed by atoms with Crippen LogP contribution < -0.4 is 15.4 Å². The normalized spacial score (nSPS) is 14.8. The molecule has 29 heavy (non-hydrogen) atoms. The number of benzene rings is 1. The molecule has 3 aromatic rings. The molecule has 0 N–H and O–H groups in total. The fourth-order valence-electron chi connectivity index (χ4n) is 3.65. The number of hydrogen-bond donors (Lipinski definition) is 0. The van der Waals surface area contributed by atoms with E-state index < -0.39 is 0 Å². The topological polar surface area (TPSA) is 76.4 Å². The summed E-state index contributed by atoms with van der Waals surface area (Å²) in [6.45, 7) is 7.86. The first-order valence-corrected chi connectivity index (χ1v) is 9.88. The van der Waals surface area contributed by atoms with Crippen molar-refractivity contribution in [2.75, 3.05) is 43.1 Å². The van der Waals surface area contributed by atoms with Crippen LogP contribution in [0.2, 0.25) is 0 Å². The van der Waals surface area contributed by atoms with Gasteiger partial charge in [0.05, 0.1) is 17.2 Å². The first-order chi connectivity index (χ1) is 14.1. The largest absolute Gasteiger partial charge is 0.377 e. The number of fused-ring (bicyclic) bond motifs is 1. The molecule has 152 valence electrons. The summed E-state index contributed by atoms with van der Waals surface area (Å²) in [4.78, 5) is 30.5. The van der Waals surface area contributed by atoms with E-state index in [0.29, 0.717) is 17.8 Å². The molecule has 2 aromatic heterocycles. The fraction of sp³-hybridized carbons (Fsp3) is 0.429. The van der Waals surface area contributed by atoms with E-state index in [9.17, 15) is 4.79 Å². The SMILES string of the molecule is COCc1nccc(N2CCN(c3ccc4c(=O)n(C(C)C)cnc4c3)CC2)n1. The summed E-state index contributed by atoms with van der Waals surface area (Å²) in [7, 11) is 1.64. The average Bonchev–Trinajstić information content (AvgIpc) is 2.74. The third-order valence-corrected chi connectivity index (χ3v) is 5.26. The van der Waals surface area contributed by atoms with Gasteiger partial charge in [-0.1, -0.05) is 0 Å². The van der Waals surface area contributed by atoms with E-state index in [2.05, 4.69) is 24.8 Å². The minimum absolute atomic E-state index is 0.0111. The molecular weight excluding hydrogens is 368 g/mol. The molecule has 0 aliphatic carbocycles. The van der Waals surface area contributed by atoms with Crippen molar-refractivity contribution in [3.05, 3.63) is 53.0 Å². The van der Waals surface area contributed by atoms with E-state index >= 15 is 0 Å². The van der Waals surface area contributed by atoms with E-state index in [4.69, 9.17) is 4.74 Å². The number of nitrogens with zero attached hydrogens (tertiary/aromatic N) is 6. The van der Waals surface area contributed by atoms with Crippen LogP contribution in [0.1, 0.15) is 25.7 Å². The lowest BCUT2D eigenvalue weighted by Gasteiger charge is -2.36. The van der Waals surface area contributed by atoms with Crippen LogP contribution in [0.15, 0.2) is 41.6 Å². The Kier molecular flexibility index (Phi) is 5.44. The summed E-state index contributed by atoms with van der Waals surface area (Å²) in [6, 6.07) is 7.96. The van der Waals surface area contributed by atoms with Crippen molar-refractivity contribution in [2.24, 2.45) is 0 Å². The number of rotatable bonds is 5. The Labute approximate surface area is 169 Å². The quantitative estimate of drug-likeness (QED) is 0.657. The lowest BCUT2D eigenvalue weighted by Crippen LogP contribution is -2.47. The molecule has 4 rings (SSSR count). The molecule has 0 spiro atoms. The van der Waals surface area contributed by atoms with Gasteiger partial charge in [-0.25, -0.2) is 15.0 Å². The van der Waals surface area contributed by atoms with Crippen molar-refractivity contribution in [1.82, 2.24) is 19.5 Å². The van der Waals surface area contributed by atoms with Gasteiger partial charge in [0, 0.05) is 51.2 Å². The molecule has 0 radical (unpaired) electrons. The molecule has 0 bridgehead atoms. The molecule has 8 heteroatoms. The second-order valence-electron chi connectivity index (χ2n) is 7.49. The molecule has 0 saturated carbocycles. The number of anilines is 2. The highest BCUT2D eigenvalue weighted by atomic mass is 16.5. The van der Waals surface area contributed by atoms with Crippen LogP contribution >= 0.6 is 0 Å². The second kappa shape index (κ2) is 8.16. The van der Waals surface area contributed by atoms with E-state index in [-0.39, 0.29) is 11.6 Å². The molecule has 1 aromatic carbocycles. The number of methoxy groups -OCH3 is 1. The zero-order valence-corrected chi connectivity index (χ0v) is 17.1. The van der Waals surface area contributed by atoms with Crippen LogP contribution in [0.4, 0.5) is 11.5 Å². The highest BCUT2D eigenvalue weighted by molar-refractivity contribution is 5.81. The van der Waals surface area contributed by atoms with Gasteiger partial charge >= 0.3 is 0 Å². The summed E-state index contributed by atoms with van der Waals surface area (Å²) in [5.74, 6) is 1.63. The Morgan fingerprint density at radius 2 is 1.83 bits per heavy atom. The Hall–Kier alpha value is -3.00. The van der Waals surface area contributed by atoms with Crippen molar-refractivity contribution >= 4 is 22.4 Å². The molecule has 1 aliphatic heterocycles. The third kappa shape index (κ3) is 3.93. The van der Waals surface area contributed by atoms with Gasteiger partial charge < -0.3 is 14.5 Å². The maximum Gasteiger partial charge on any atom is 0.261 e. The Morgan fingerprint density at radius 1 is 1.07 bits per heavy atom. The van der Waals surface area contributed by atoms with Crippen LogP contribution in [0.3, 0.4) is 0 Å². The predicted molar refractivity (Wildman–Crippen MR) is 114 cm³/mol. The second-order valence-corrected chi connectivity index (χ2v) is 7.49. The highest BCUT2D eigenvalue weighted by Gasteiger charge is 2.19. The number of ether oxygens (including phenoxy) is 1. The minimum Gasteiger partial charge on any atom is -0.377 e. The van der Waals surface area contributed by atoms with Crippen LogP contribution in [0.5, 0.6) is 0 Å². The van der Waals surface area contributed by atoms with Crippen LogP contribution in [0, 0.1) is 0 Å². The molecule has 0 unspecified atom stereocenters. The van der Waals surface area contributed by atoms with Gasteiger partial charge in [-0.3, -0.25) is 9.36 Å². The lowest BCUT2D eigenvalue weighted by molar-refractivity contribution is 0.178. The third-order valence-electron chi connectivity index (χ3n) is 5.26. The fourth-order valence-corrected chi connectivity index (χ4v) is 3.65. The standard InChI is InChI=1S/C21H26N6O2/c1-15(2)27-14-23-18-12-16(4-5-17(18)21(27)28)25-8-10-26(11-9-25)20-6-7-22-19(24-20)13-29-3/h4-7,12,14-15H,8-11,13H2,1-3H3. The first kappa shape index (κ1) is 19.3. The average molecular weight is 394 g/mol. The van der Waals surface area contributed by atoms with Crippen molar-refractivity contribution in [1.29, 1.82) is 0 Å². The van der Waals surface area contributed by atoms with E-state index in [1.807, 2.05) is 38.1 Å². The number of hydrogen-bond acceptors (Lipinski definition) is 7. The number of aromatic nitrogens is 4. The number of piperazine rings is 1. The monoisotopic (exact) mass is 394 g/mol. The van der Waals surface area contributed by atoms with Gasteiger partial charge in [0.15, 0.2) is 5.82 Å². The zero-order chi connectivity index (χ0) is 20.4. The van der Waals surface area contributed by atoms with Crippen molar-refractivity contribution in [3.63, 3.8) is 0 Å². The molecular formula is C21H26N6O2. The predicted octanol–water partition coefficient (Wildman–Crippen LogP) is 2.24. The molecule has 1 saturated heterocycles. The van der Waals surface area contributed by atoms with Crippen molar-refractivity contribution in [3.8, 4) is 0 Å². The lowest BCUT2D eigenvalue weighted by atomic mass is 10.2.